The molecule has 0 aromatic carbocycles. The van der Waals surface area contributed by atoms with Crippen LogP contribution in [0.2, 0.25) is 0 Å². The Morgan fingerprint density at radius 3 is 2.78 bits per heavy atom. The number of aliphatic imine (C=N–C) groups is 1. The summed E-state index contributed by atoms with van der Waals surface area (Å²) in [5.41, 5.74) is 2.07. The zero-order valence-corrected chi connectivity index (χ0v) is 12.9. The number of isothiocyanates is 1. The Morgan fingerprint density at radius 1 is 1.44 bits per heavy atom. The molecule has 0 saturated heterocycles. The van der Waals surface area contributed by atoms with Gasteiger partial charge in [-0.05, 0) is 68.5 Å². The Labute approximate surface area is 117 Å². The van der Waals surface area contributed by atoms with Crippen LogP contribution in [-0.4, -0.2) is 10.7 Å². The highest BCUT2D eigenvalue weighted by atomic mass is 32.1. The molecule has 2 aliphatic carbocycles. The quantitative estimate of drug-likeness (QED) is 0.386. The van der Waals surface area contributed by atoms with Crippen LogP contribution in [0.3, 0.4) is 0 Å². The highest BCUT2D eigenvalue weighted by molar-refractivity contribution is 7.78. The third-order valence-electron chi connectivity index (χ3n) is 5.22. The van der Waals surface area contributed by atoms with Crippen LogP contribution >= 0.6 is 12.2 Å². The van der Waals surface area contributed by atoms with Crippen molar-refractivity contribution < 1.29 is 0 Å². The molecule has 0 heterocycles. The first-order valence-electron chi connectivity index (χ1n) is 7.21. The minimum absolute atomic E-state index is 0.0337. The van der Waals surface area contributed by atoms with Crippen molar-refractivity contribution >= 4 is 17.4 Å². The van der Waals surface area contributed by atoms with E-state index in [1.807, 2.05) is 0 Å². The molecule has 2 rings (SSSR count). The standard InChI is InChI=1S/C16H25NS/c1-12(2)14-6-5-13(3)16(9-14)8-7-15(4,10-16)17-11-18/h9,12-13H,5-8,10H2,1-4H3/t13-,15-,16-/m1/s1. The molecule has 0 amide bonds. The van der Waals surface area contributed by atoms with Crippen molar-refractivity contribution in [3.05, 3.63) is 11.6 Å². The molecule has 2 aliphatic rings. The molecular formula is C16H25NS. The predicted octanol–water partition coefficient (Wildman–Crippen LogP) is 5.03. The van der Waals surface area contributed by atoms with Crippen LogP contribution in [0.1, 0.15) is 59.8 Å². The first kappa shape index (κ1) is 14.0. The molecule has 0 N–H and O–H groups in total. The van der Waals surface area contributed by atoms with Gasteiger partial charge in [-0.15, -0.1) is 0 Å². The van der Waals surface area contributed by atoms with E-state index < -0.39 is 0 Å². The minimum atomic E-state index is 0.0337. The zero-order valence-electron chi connectivity index (χ0n) is 12.1. The molecule has 0 bridgehead atoms. The molecule has 1 spiro atoms. The van der Waals surface area contributed by atoms with Gasteiger partial charge in [0.05, 0.1) is 10.7 Å². The summed E-state index contributed by atoms with van der Waals surface area (Å²) < 4.78 is 0. The summed E-state index contributed by atoms with van der Waals surface area (Å²) in [6, 6.07) is 0. The molecule has 0 unspecified atom stereocenters. The lowest BCUT2D eigenvalue weighted by atomic mass is 9.66. The lowest BCUT2D eigenvalue weighted by Crippen LogP contribution is -2.31. The highest BCUT2D eigenvalue weighted by Gasteiger charge is 2.48. The molecule has 0 aliphatic heterocycles. The summed E-state index contributed by atoms with van der Waals surface area (Å²) in [6.45, 7) is 9.30. The maximum absolute atomic E-state index is 4.81. The van der Waals surface area contributed by atoms with Crippen LogP contribution in [0.15, 0.2) is 16.6 Å². The third kappa shape index (κ3) is 2.46. The van der Waals surface area contributed by atoms with Crippen LogP contribution < -0.4 is 0 Å². The zero-order chi connectivity index (χ0) is 13.4. The second-order valence-electron chi connectivity index (χ2n) is 6.92. The number of allylic oxidation sites excluding steroid dienone is 2. The molecule has 0 radical (unpaired) electrons. The van der Waals surface area contributed by atoms with E-state index in [1.165, 1.54) is 19.3 Å². The Balaban J connectivity index is 2.30. The fourth-order valence-corrected chi connectivity index (χ4v) is 4.07. The SMILES string of the molecule is CC(C)C1=C[C@@]2(CC[C@@](C)(N=C=S)C2)[C@H](C)CC1. The summed E-state index contributed by atoms with van der Waals surface area (Å²) in [5.74, 6) is 1.47. The maximum atomic E-state index is 4.81. The van der Waals surface area contributed by atoms with Gasteiger partial charge in [0.2, 0.25) is 0 Å². The van der Waals surface area contributed by atoms with Gasteiger partial charge in [-0.2, -0.15) is 0 Å². The number of nitrogens with zero attached hydrogens (tertiary/aromatic N) is 1. The minimum Gasteiger partial charge on any atom is -0.226 e. The molecule has 2 heteroatoms. The fraction of sp³-hybridized carbons (Fsp3) is 0.812. The number of hydrogen-bond acceptors (Lipinski definition) is 2. The van der Waals surface area contributed by atoms with E-state index >= 15 is 0 Å². The van der Waals surface area contributed by atoms with Crippen molar-refractivity contribution in [1.82, 2.24) is 0 Å². The average molecular weight is 263 g/mol. The molecule has 100 valence electrons. The molecular weight excluding hydrogens is 238 g/mol. The van der Waals surface area contributed by atoms with E-state index in [2.05, 4.69) is 43.9 Å². The molecule has 1 nitrogen and oxygen atoms in total. The summed E-state index contributed by atoms with van der Waals surface area (Å²) in [4.78, 5) is 4.45. The van der Waals surface area contributed by atoms with Crippen LogP contribution in [0.5, 0.6) is 0 Å². The lowest BCUT2D eigenvalue weighted by Gasteiger charge is -2.39. The summed E-state index contributed by atoms with van der Waals surface area (Å²) >= 11 is 4.81. The second kappa shape index (κ2) is 4.90. The van der Waals surface area contributed by atoms with E-state index in [0.717, 1.165) is 18.8 Å². The van der Waals surface area contributed by atoms with Crippen LogP contribution in [0, 0.1) is 17.3 Å². The monoisotopic (exact) mass is 263 g/mol. The van der Waals surface area contributed by atoms with Crippen molar-refractivity contribution in [2.24, 2.45) is 22.2 Å². The molecule has 1 fully saturated rings. The van der Waals surface area contributed by atoms with Gasteiger partial charge >= 0.3 is 0 Å². The van der Waals surface area contributed by atoms with Crippen molar-refractivity contribution in [1.29, 1.82) is 0 Å². The normalized spacial score (nSPS) is 39.8. The predicted molar refractivity (Wildman–Crippen MR) is 81.0 cm³/mol. The lowest BCUT2D eigenvalue weighted by molar-refractivity contribution is 0.209. The van der Waals surface area contributed by atoms with E-state index in [9.17, 15) is 0 Å². The smallest absolute Gasteiger partial charge is 0.0691 e. The summed E-state index contributed by atoms with van der Waals surface area (Å²) in [6.07, 6.45) is 8.80. The van der Waals surface area contributed by atoms with Gasteiger partial charge in [0.1, 0.15) is 0 Å². The second-order valence-corrected chi connectivity index (χ2v) is 7.11. The summed E-state index contributed by atoms with van der Waals surface area (Å²) in [7, 11) is 0. The Bertz CT molecular complexity index is 405. The number of hydrogen-bond donors (Lipinski definition) is 0. The molecule has 1 saturated carbocycles. The van der Waals surface area contributed by atoms with Gasteiger partial charge in [0, 0.05) is 0 Å². The first-order chi connectivity index (χ1) is 8.41. The van der Waals surface area contributed by atoms with Gasteiger partial charge in [-0.3, -0.25) is 0 Å². The van der Waals surface area contributed by atoms with Crippen molar-refractivity contribution in [3.8, 4) is 0 Å². The molecule has 18 heavy (non-hydrogen) atoms. The van der Waals surface area contributed by atoms with Gasteiger partial charge in [0.15, 0.2) is 0 Å². The fourth-order valence-electron chi connectivity index (χ4n) is 3.85. The van der Waals surface area contributed by atoms with E-state index in [4.69, 9.17) is 12.2 Å². The van der Waals surface area contributed by atoms with Crippen molar-refractivity contribution in [3.63, 3.8) is 0 Å². The van der Waals surface area contributed by atoms with Crippen LogP contribution in [0.25, 0.3) is 0 Å². The van der Waals surface area contributed by atoms with E-state index in [1.54, 1.807) is 5.57 Å². The van der Waals surface area contributed by atoms with Gasteiger partial charge < -0.3 is 0 Å². The van der Waals surface area contributed by atoms with E-state index in [0.29, 0.717) is 11.3 Å². The Kier molecular flexibility index (Phi) is 3.80. The number of rotatable bonds is 2. The first-order valence-corrected chi connectivity index (χ1v) is 7.62. The molecule has 0 aromatic heterocycles. The van der Waals surface area contributed by atoms with E-state index in [-0.39, 0.29) is 5.54 Å². The van der Waals surface area contributed by atoms with Crippen LogP contribution in [0.4, 0.5) is 0 Å². The van der Waals surface area contributed by atoms with Crippen LogP contribution in [-0.2, 0) is 0 Å². The molecule has 3 atom stereocenters. The van der Waals surface area contributed by atoms with Crippen molar-refractivity contribution in [2.45, 2.75) is 65.3 Å². The van der Waals surface area contributed by atoms with Gasteiger partial charge in [0.25, 0.3) is 0 Å². The van der Waals surface area contributed by atoms with Gasteiger partial charge in [-0.25, -0.2) is 4.99 Å². The average Bonchev–Trinajstić information content (AvgIpc) is 2.62. The highest BCUT2D eigenvalue weighted by Crippen LogP contribution is 2.55. The van der Waals surface area contributed by atoms with Gasteiger partial charge in [-0.1, -0.05) is 32.4 Å². The number of thiocarbonyl (C=S) groups is 1. The molecule has 0 aromatic rings. The van der Waals surface area contributed by atoms with Crippen molar-refractivity contribution in [2.75, 3.05) is 0 Å². The summed E-state index contributed by atoms with van der Waals surface area (Å²) in [5, 5.41) is 2.61. The maximum Gasteiger partial charge on any atom is 0.0691 e. The Morgan fingerprint density at radius 2 is 2.17 bits per heavy atom. The third-order valence-corrected chi connectivity index (χ3v) is 5.31. The largest absolute Gasteiger partial charge is 0.226 e. The topological polar surface area (TPSA) is 12.4 Å². The Hall–Kier alpha value is -0.460.